The van der Waals surface area contributed by atoms with Crippen molar-refractivity contribution in [1.29, 1.82) is 0 Å². The number of nitrogens with one attached hydrogen (secondary N) is 1. The summed E-state index contributed by atoms with van der Waals surface area (Å²) in [5.41, 5.74) is 2.24. The van der Waals surface area contributed by atoms with E-state index in [2.05, 4.69) is 12.3 Å². The van der Waals surface area contributed by atoms with Gasteiger partial charge in [-0.3, -0.25) is 11.3 Å². The van der Waals surface area contributed by atoms with E-state index in [1.54, 1.807) is 0 Å². The third kappa shape index (κ3) is 5.13. The van der Waals surface area contributed by atoms with Crippen molar-refractivity contribution in [2.45, 2.75) is 57.9 Å². The maximum absolute atomic E-state index is 13.6. The van der Waals surface area contributed by atoms with Gasteiger partial charge in [-0.1, -0.05) is 45.4 Å². The van der Waals surface area contributed by atoms with Gasteiger partial charge in [-0.2, -0.15) is 0 Å². The summed E-state index contributed by atoms with van der Waals surface area (Å²) >= 11 is 0. The van der Waals surface area contributed by atoms with Crippen LogP contribution in [-0.4, -0.2) is 0 Å². The lowest BCUT2D eigenvalue weighted by Gasteiger charge is -2.17. The molecular formula is C15H23F3N2. The van der Waals surface area contributed by atoms with Crippen molar-refractivity contribution in [3.63, 3.8) is 0 Å². The van der Waals surface area contributed by atoms with E-state index in [9.17, 15) is 13.2 Å². The number of hydrogen-bond acceptors (Lipinski definition) is 2. The summed E-state index contributed by atoms with van der Waals surface area (Å²) in [7, 11) is 0. The summed E-state index contributed by atoms with van der Waals surface area (Å²) in [6, 6.07) is 0.746. The van der Waals surface area contributed by atoms with Crippen molar-refractivity contribution >= 4 is 0 Å². The summed E-state index contributed by atoms with van der Waals surface area (Å²) < 4.78 is 40.2. The molecule has 0 bridgehead atoms. The van der Waals surface area contributed by atoms with E-state index in [4.69, 9.17) is 5.84 Å². The van der Waals surface area contributed by atoms with Gasteiger partial charge in [0.15, 0.2) is 0 Å². The van der Waals surface area contributed by atoms with E-state index in [1.165, 1.54) is 19.3 Å². The Balaban J connectivity index is 2.54. The van der Waals surface area contributed by atoms with E-state index in [-0.39, 0.29) is 5.56 Å². The van der Waals surface area contributed by atoms with Crippen LogP contribution in [0.15, 0.2) is 12.1 Å². The van der Waals surface area contributed by atoms with Crippen LogP contribution in [0, 0.1) is 17.5 Å². The maximum Gasteiger partial charge on any atom is 0.133 e. The molecule has 1 rings (SSSR count). The Morgan fingerprint density at radius 1 is 1.00 bits per heavy atom. The predicted molar refractivity (Wildman–Crippen MR) is 74.4 cm³/mol. The van der Waals surface area contributed by atoms with Crippen molar-refractivity contribution in [2.75, 3.05) is 0 Å². The highest BCUT2D eigenvalue weighted by molar-refractivity contribution is 5.24. The molecule has 0 spiro atoms. The van der Waals surface area contributed by atoms with Crippen molar-refractivity contribution < 1.29 is 13.2 Å². The summed E-state index contributed by atoms with van der Waals surface area (Å²) in [4.78, 5) is 0. The first kappa shape index (κ1) is 17.0. The molecule has 0 fully saturated rings. The fourth-order valence-corrected chi connectivity index (χ4v) is 2.33. The second-order valence-electron chi connectivity index (χ2n) is 5.06. The van der Waals surface area contributed by atoms with Crippen LogP contribution in [0.3, 0.4) is 0 Å². The van der Waals surface area contributed by atoms with Crippen molar-refractivity contribution in [3.05, 3.63) is 35.1 Å². The number of rotatable bonds is 9. The third-order valence-electron chi connectivity index (χ3n) is 3.44. The molecule has 0 amide bonds. The van der Waals surface area contributed by atoms with Gasteiger partial charge in [-0.05, 0) is 6.42 Å². The molecule has 114 valence electrons. The Morgan fingerprint density at radius 3 is 2.10 bits per heavy atom. The minimum Gasteiger partial charge on any atom is -0.271 e. The summed E-state index contributed by atoms with van der Waals surface area (Å²) in [6.07, 6.45) is 7.04. The van der Waals surface area contributed by atoms with Crippen molar-refractivity contribution in [3.8, 4) is 0 Å². The highest BCUT2D eigenvalue weighted by Gasteiger charge is 2.20. The van der Waals surface area contributed by atoms with Crippen LogP contribution < -0.4 is 11.3 Å². The van der Waals surface area contributed by atoms with E-state index in [0.717, 1.165) is 19.3 Å². The smallest absolute Gasteiger partial charge is 0.133 e. The van der Waals surface area contributed by atoms with Gasteiger partial charge in [0, 0.05) is 17.7 Å². The molecule has 0 radical (unpaired) electrons. The van der Waals surface area contributed by atoms with Crippen LogP contribution in [0.5, 0.6) is 0 Å². The second kappa shape index (κ2) is 8.97. The number of unbranched alkanes of at least 4 members (excludes halogenated alkanes) is 5. The lowest BCUT2D eigenvalue weighted by atomic mass is 9.99. The molecule has 3 N–H and O–H groups in total. The lowest BCUT2D eigenvalue weighted by Crippen LogP contribution is -2.29. The van der Waals surface area contributed by atoms with Crippen LogP contribution >= 0.6 is 0 Å². The fraction of sp³-hybridized carbons (Fsp3) is 0.600. The Labute approximate surface area is 118 Å². The first-order valence-electron chi connectivity index (χ1n) is 7.20. The fourth-order valence-electron chi connectivity index (χ4n) is 2.33. The number of hydrazine groups is 1. The first-order chi connectivity index (χ1) is 9.60. The van der Waals surface area contributed by atoms with Gasteiger partial charge in [0.2, 0.25) is 0 Å². The molecule has 0 saturated carbocycles. The van der Waals surface area contributed by atoms with Crippen LogP contribution in [0.25, 0.3) is 0 Å². The zero-order valence-corrected chi connectivity index (χ0v) is 11.9. The van der Waals surface area contributed by atoms with Crippen LogP contribution in [0.1, 0.15) is 63.5 Å². The molecule has 1 aromatic carbocycles. The zero-order chi connectivity index (χ0) is 15.0. The van der Waals surface area contributed by atoms with Crippen LogP contribution in [0.4, 0.5) is 13.2 Å². The van der Waals surface area contributed by atoms with Crippen molar-refractivity contribution in [2.24, 2.45) is 5.84 Å². The Kier molecular flexibility index (Phi) is 7.62. The number of halogens is 3. The molecule has 0 heterocycles. The zero-order valence-electron chi connectivity index (χ0n) is 11.9. The Bertz CT molecular complexity index is 387. The molecule has 0 aliphatic rings. The summed E-state index contributed by atoms with van der Waals surface area (Å²) in [5, 5.41) is 0. The average Bonchev–Trinajstić information content (AvgIpc) is 2.39. The van der Waals surface area contributed by atoms with Crippen LogP contribution in [-0.2, 0) is 0 Å². The van der Waals surface area contributed by atoms with Gasteiger partial charge >= 0.3 is 0 Å². The number of benzene rings is 1. The normalized spacial score (nSPS) is 12.7. The van der Waals surface area contributed by atoms with Gasteiger partial charge in [0.05, 0.1) is 6.04 Å². The molecule has 0 aromatic heterocycles. The summed E-state index contributed by atoms with van der Waals surface area (Å²) in [5.74, 6) is 2.66. The SMILES string of the molecule is CCCCCCCCC(NN)c1c(F)cc(F)cc1F. The van der Waals surface area contributed by atoms with Crippen LogP contribution in [0.2, 0.25) is 0 Å². The minimum absolute atomic E-state index is 0.178. The highest BCUT2D eigenvalue weighted by atomic mass is 19.1. The molecular weight excluding hydrogens is 265 g/mol. The van der Waals surface area contributed by atoms with E-state index in [0.29, 0.717) is 18.6 Å². The second-order valence-corrected chi connectivity index (χ2v) is 5.06. The molecule has 5 heteroatoms. The largest absolute Gasteiger partial charge is 0.271 e. The summed E-state index contributed by atoms with van der Waals surface area (Å²) in [6.45, 7) is 2.15. The van der Waals surface area contributed by atoms with Crippen molar-refractivity contribution in [1.82, 2.24) is 5.43 Å². The van der Waals surface area contributed by atoms with E-state index in [1.807, 2.05) is 0 Å². The Hall–Kier alpha value is -1.07. The molecule has 0 aliphatic heterocycles. The molecule has 0 saturated heterocycles. The van der Waals surface area contributed by atoms with Gasteiger partial charge in [0.1, 0.15) is 17.5 Å². The average molecular weight is 288 g/mol. The molecule has 20 heavy (non-hydrogen) atoms. The van der Waals surface area contributed by atoms with Gasteiger partial charge in [-0.15, -0.1) is 0 Å². The Morgan fingerprint density at radius 2 is 1.55 bits per heavy atom. The molecule has 1 atom stereocenters. The molecule has 2 nitrogen and oxygen atoms in total. The maximum atomic E-state index is 13.6. The number of nitrogens with two attached hydrogens (primary N) is 1. The minimum atomic E-state index is -0.918. The lowest BCUT2D eigenvalue weighted by molar-refractivity contribution is 0.429. The monoisotopic (exact) mass is 288 g/mol. The van der Waals surface area contributed by atoms with Gasteiger partial charge < -0.3 is 0 Å². The van der Waals surface area contributed by atoms with E-state index < -0.39 is 23.5 Å². The molecule has 0 aliphatic carbocycles. The van der Waals surface area contributed by atoms with E-state index >= 15 is 0 Å². The number of hydrogen-bond donors (Lipinski definition) is 2. The highest BCUT2D eigenvalue weighted by Crippen LogP contribution is 2.26. The molecule has 1 aromatic rings. The van der Waals surface area contributed by atoms with Gasteiger partial charge in [0.25, 0.3) is 0 Å². The third-order valence-corrected chi connectivity index (χ3v) is 3.44. The molecule has 1 unspecified atom stereocenters. The standard InChI is InChI=1S/C15H23F3N2/c1-2-3-4-5-6-7-8-14(20-19)15-12(17)9-11(16)10-13(15)18/h9-10,14,20H,2-8,19H2,1H3. The quantitative estimate of drug-likeness (QED) is 0.402. The topological polar surface area (TPSA) is 38.0 Å². The predicted octanol–water partition coefficient (Wildman–Crippen LogP) is 4.36. The van der Waals surface area contributed by atoms with Gasteiger partial charge in [-0.25, -0.2) is 13.2 Å². The first-order valence-corrected chi connectivity index (χ1v) is 7.20.